The third-order valence-electron chi connectivity index (χ3n) is 4.87. The molecule has 1 spiro atoms. The zero-order valence-electron chi connectivity index (χ0n) is 13.9. The van der Waals surface area contributed by atoms with Gasteiger partial charge < -0.3 is 9.47 Å². The SMILES string of the molecule is c1ccc(CN2CCOC[C@@]3(CC[C@@H](Cn4cncn4)O3)C2)cc1. The molecular formula is C18H24N4O2. The molecule has 0 bridgehead atoms. The van der Waals surface area contributed by atoms with Crippen molar-refractivity contribution in [1.29, 1.82) is 0 Å². The van der Waals surface area contributed by atoms with Gasteiger partial charge in [-0.2, -0.15) is 5.10 Å². The summed E-state index contributed by atoms with van der Waals surface area (Å²) in [6.45, 7) is 5.05. The van der Waals surface area contributed by atoms with Gasteiger partial charge in [0.15, 0.2) is 0 Å². The summed E-state index contributed by atoms with van der Waals surface area (Å²) in [5.74, 6) is 0. The fourth-order valence-corrected chi connectivity index (χ4v) is 3.74. The van der Waals surface area contributed by atoms with Crippen LogP contribution in [0.15, 0.2) is 43.0 Å². The van der Waals surface area contributed by atoms with Gasteiger partial charge in [-0.05, 0) is 18.4 Å². The topological polar surface area (TPSA) is 52.4 Å². The van der Waals surface area contributed by atoms with Crippen LogP contribution in [0.2, 0.25) is 0 Å². The average molecular weight is 328 g/mol. The molecule has 128 valence electrons. The lowest BCUT2D eigenvalue weighted by molar-refractivity contribution is -0.0905. The van der Waals surface area contributed by atoms with Crippen LogP contribution in [0, 0.1) is 0 Å². The highest BCUT2D eigenvalue weighted by molar-refractivity contribution is 5.14. The molecule has 24 heavy (non-hydrogen) atoms. The fraction of sp³-hybridized carbons (Fsp3) is 0.556. The molecule has 2 saturated heterocycles. The predicted octanol–water partition coefficient (Wildman–Crippen LogP) is 1.73. The quantitative estimate of drug-likeness (QED) is 0.855. The Labute approximate surface area is 142 Å². The number of ether oxygens (including phenoxy) is 2. The third kappa shape index (κ3) is 3.66. The average Bonchev–Trinajstić information content (AvgIpc) is 3.19. The molecule has 2 atom stereocenters. The molecule has 2 aliphatic heterocycles. The van der Waals surface area contributed by atoms with E-state index in [0.29, 0.717) is 6.61 Å². The molecular weight excluding hydrogens is 304 g/mol. The maximum Gasteiger partial charge on any atom is 0.137 e. The minimum absolute atomic E-state index is 0.184. The van der Waals surface area contributed by atoms with Gasteiger partial charge in [-0.3, -0.25) is 9.58 Å². The van der Waals surface area contributed by atoms with Crippen LogP contribution < -0.4 is 0 Å². The molecule has 6 heteroatoms. The maximum absolute atomic E-state index is 6.46. The van der Waals surface area contributed by atoms with Gasteiger partial charge in [-0.1, -0.05) is 30.3 Å². The second-order valence-corrected chi connectivity index (χ2v) is 6.83. The summed E-state index contributed by atoms with van der Waals surface area (Å²) < 4.78 is 14.2. The predicted molar refractivity (Wildman–Crippen MR) is 89.4 cm³/mol. The lowest BCUT2D eigenvalue weighted by Crippen LogP contribution is -2.44. The van der Waals surface area contributed by atoms with Gasteiger partial charge in [0.1, 0.15) is 18.3 Å². The molecule has 1 aromatic heterocycles. The third-order valence-corrected chi connectivity index (χ3v) is 4.87. The molecule has 0 saturated carbocycles. The highest BCUT2D eigenvalue weighted by Gasteiger charge is 2.43. The van der Waals surface area contributed by atoms with Crippen LogP contribution in [0.4, 0.5) is 0 Å². The molecule has 2 aromatic rings. The van der Waals surface area contributed by atoms with E-state index in [1.807, 2.05) is 4.68 Å². The van der Waals surface area contributed by atoms with Crippen LogP contribution in [-0.4, -0.2) is 57.7 Å². The van der Waals surface area contributed by atoms with Crippen LogP contribution in [0.25, 0.3) is 0 Å². The van der Waals surface area contributed by atoms with E-state index in [2.05, 4.69) is 45.3 Å². The smallest absolute Gasteiger partial charge is 0.137 e. The second kappa shape index (κ2) is 7.01. The molecule has 0 unspecified atom stereocenters. The van der Waals surface area contributed by atoms with E-state index in [4.69, 9.17) is 9.47 Å². The van der Waals surface area contributed by atoms with Crippen molar-refractivity contribution in [1.82, 2.24) is 19.7 Å². The summed E-state index contributed by atoms with van der Waals surface area (Å²) in [4.78, 5) is 6.46. The standard InChI is InChI=1S/C18H24N4O2/c1-2-4-16(5-3-1)10-21-8-9-23-13-18(12-21)7-6-17(24-18)11-22-15-19-14-20-22/h1-5,14-15,17H,6-13H2/t17-,18+/m0/s1. The minimum Gasteiger partial charge on any atom is -0.377 e. The Morgan fingerprint density at radius 2 is 2.17 bits per heavy atom. The Bertz CT molecular complexity index is 634. The Kier molecular flexibility index (Phi) is 4.60. The highest BCUT2D eigenvalue weighted by Crippen LogP contribution is 2.34. The summed E-state index contributed by atoms with van der Waals surface area (Å²) in [6, 6.07) is 10.6. The molecule has 0 amide bonds. The zero-order chi connectivity index (χ0) is 16.2. The van der Waals surface area contributed by atoms with Crippen LogP contribution in [0.3, 0.4) is 0 Å². The van der Waals surface area contributed by atoms with E-state index >= 15 is 0 Å². The molecule has 0 N–H and O–H groups in total. The van der Waals surface area contributed by atoms with Gasteiger partial charge in [-0.25, -0.2) is 4.98 Å². The number of benzene rings is 1. The Hall–Kier alpha value is -1.76. The number of hydrogen-bond donors (Lipinski definition) is 0. The van der Waals surface area contributed by atoms with Crippen LogP contribution in [-0.2, 0) is 22.6 Å². The molecule has 4 rings (SSSR count). The molecule has 2 fully saturated rings. The van der Waals surface area contributed by atoms with E-state index in [1.54, 1.807) is 12.7 Å². The van der Waals surface area contributed by atoms with Crippen molar-refractivity contribution < 1.29 is 9.47 Å². The Balaban J connectivity index is 1.40. The number of aromatic nitrogens is 3. The van der Waals surface area contributed by atoms with Gasteiger partial charge in [0.2, 0.25) is 0 Å². The largest absolute Gasteiger partial charge is 0.377 e. The number of nitrogens with zero attached hydrogens (tertiary/aromatic N) is 4. The van der Waals surface area contributed by atoms with E-state index in [9.17, 15) is 0 Å². The van der Waals surface area contributed by atoms with E-state index in [0.717, 1.165) is 45.6 Å². The van der Waals surface area contributed by atoms with Crippen molar-refractivity contribution >= 4 is 0 Å². The minimum atomic E-state index is -0.184. The first-order valence-corrected chi connectivity index (χ1v) is 8.66. The van der Waals surface area contributed by atoms with Crippen molar-refractivity contribution in [3.05, 3.63) is 48.5 Å². The Morgan fingerprint density at radius 1 is 1.25 bits per heavy atom. The molecule has 6 nitrogen and oxygen atoms in total. The van der Waals surface area contributed by atoms with Crippen molar-refractivity contribution in [3.63, 3.8) is 0 Å². The van der Waals surface area contributed by atoms with Gasteiger partial charge >= 0.3 is 0 Å². The van der Waals surface area contributed by atoms with Gasteiger partial charge in [0.05, 0.1) is 25.9 Å². The normalized spacial score (nSPS) is 28.2. The van der Waals surface area contributed by atoms with Crippen molar-refractivity contribution in [2.24, 2.45) is 0 Å². The van der Waals surface area contributed by atoms with Crippen molar-refractivity contribution in [2.75, 3.05) is 26.3 Å². The van der Waals surface area contributed by atoms with E-state index in [-0.39, 0.29) is 11.7 Å². The lowest BCUT2D eigenvalue weighted by Gasteiger charge is -2.32. The number of rotatable bonds is 4. The van der Waals surface area contributed by atoms with Crippen LogP contribution in [0.5, 0.6) is 0 Å². The first kappa shape index (κ1) is 15.7. The molecule has 2 aliphatic rings. The van der Waals surface area contributed by atoms with E-state index in [1.165, 1.54) is 5.56 Å². The summed E-state index contributed by atoms with van der Waals surface area (Å²) in [7, 11) is 0. The van der Waals surface area contributed by atoms with Gasteiger partial charge in [-0.15, -0.1) is 0 Å². The molecule has 0 aliphatic carbocycles. The van der Waals surface area contributed by atoms with Gasteiger partial charge in [0.25, 0.3) is 0 Å². The maximum atomic E-state index is 6.46. The zero-order valence-corrected chi connectivity index (χ0v) is 13.9. The Morgan fingerprint density at radius 3 is 3.00 bits per heavy atom. The fourth-order valence-electron chi connectivity index (χ4n) is 3.74. The highest BCUT2D eigenvalue weighted by atomic mass is 16.6. The lowest BCUT2D eigenvalue weighted by atomic mass is 10.00. The first-order chi connectivity index (χ1) is 11.8. The van der Waals surface area contributed by atoms with Crippen molar-refractivity contribution in [2.45, 2.75) is 37.6 Å². The second-order valence-electron chi connectivity index (χ2n) is 6.83. The van der Waals surface area contributed by atoms with Crippen LogP contribution in [0.1, 0.15) is 18.4 Å². The first-order valence-electron chi connectivity index (χ1n) is 8.66. The van der Waals surface area contributed by atoms with E-state index < -0.39 is 0 Å². The summed E-state index contributed by atoms with van der Waals surface area (Å²) in [5.41, 5.74) is 1.16. The van der Waals surface area contributed by atoms with Gasteiger partial charge in [0, 0.05) is 19.6 Å². The molecule has 1 aromatic carbocycles. The summed E-state index contributed by atoms with van der Waals surface area (Å²) >= 11 is 0. The van der Waals surface area contributed by atoms with Crippen molar-refractivity contribution in [3.8, 4) is 0 Å². The summed E-state index contributed by atoms with van der Waals surface area (Å²) in [6.07, 6.45) is 5.59. The summed E-state index contributed by atoms with van der Waals surface area (Å²) in [5, 5.41) is 4.19. The number of hydrogen-bond acceptors (Lipinski definition) is 5. The molecule has 0 radical (unpaired) electrons. The molecule has 3 heterocycles. The monoisotopic (exact) mass is 328 g/mol. The van der Waals surface area contributed by atoms with Crippen LogP contribution >= 0.6 is 0 Å².